The van der Waals surface area contributed by atoms with E-state index in [1.807, 2.05) is 30.6 Å². The van der Waals surface area contributed by atoms with Crippen LogP contribution in [0.3, 0.4) is 0 Å². The lowest BCUT2D eigenvalue weighted by atomic mass is 10.1. The summed E-state index contributed by atoms with van der Waals surface area (Å²) in [5, 5.41) is 17.6. The van der Waals surface area contributed by atoms with E-state index in [-0.39, 0.29) is 61.0 Å². The Morgan fingerprint density at radius 3 is 2.27 bits per heavy atom. The third kappa shape index (κ3) is 9.18. The fourth-order valence-electron chi connectivity index (χ4n) is 7.45. The first-order valence-corrected chi connectivity index (χ1v) is 21.3. The average Bonchev–Trinajstić information content (AvgIpc) is 3.99. The summed E-state index contributed by atoms with van der Waals surface area (Å²) in [6, 6.07) is 7.25. The Labute approximate surface area is 375 Å². The molecule has 0 aliphatic carbocycles. The highest BCUT2D eigenvalue weighted by atomic mass is 79.9. The number of rotatable bonds is 18. The van der Waals surface area contributed by atoms with Gasteiger partial charge in [0.05, 0.1) is 46.1 Å². The molecule has 7 rings (SSSR count). The molecule has 1 atom stereocenters. The number of nitrogens with zero attached hydrogens (tertiary/aromatic N) is 9. The fourth-order valence-corrected chi connectivity index (χ4v) is 7.92. The molecule has 4 aromatic heterocycles. The van der Waals surface area contributed by atoms with Crippen LogP contribution in [-0.2, 0) is 24.4 Å². The fraction of sp³-hybridized carbons (Fsp3) is 0.357. The normalized spacial score (nSPS) is 13.5. The van der Waals surface area contributed by atoms with Gasteiger partial charge in [-0.05, 0) is 94.5 Å². The highest BCUT2D eigenvalue weighted by Crippen LogP contribution is 2.38. The van der Waals surface area contributed by atoms with E-state index < -0.39 is 29.7 Å². The quantitative estimate of drug-likeness (QED) is 0.0612. The summed E-state index contributed by atoms with van der Waals surface area (Å²) in [6.45, 7) is 9.15. The number of carbonyl (C=O) groups is 5. The van der Waals surface area contributed by atoms with Gasteiger partial charge in [-0.2, -0.15) is 10.2 Å². The molecule has 2 aromatic carbocycles. The third-order valence-corrected chi connectivity index (χ3v) is 11.3. The molecule has 7 N–H and O–H groups in total. The number of hydrogen-bond acceptors (Lipinski definition) is 12. The molecule has 0 saturated heterocycles. The number of ether oxygens (including phenoxy) is 2. The van der Waals surface area contributed by atoms with E-state index in [0.29, 0.717) is 81.1 Å². The SMILES string of the molecule is CCn1nc(C)cc1C(=O)Nc1nc2cc(C(N)=O)cc(OCCCNC(=O)CN(C)C)c2n1C/C=C/[C@H]1COc2cc(C(N)=O)cc3nc(NC(=O)c4c(Br)c(C)nn4CC)n1c23. The van der Waals surface area contributed by atoms with Gasteiger partial charge in [0.25, 0.3) is 11.8 Å². The van der Waals surface area contributed by atoms with Gasteiger partial charge < -0.3 is 35.7 Å². The summed E-state index contributed by atoms with van der Waals surface area (Å²) < 4.78 is 19.7. The van der Waals surface area contributed by atoms with Crippen LogP contribution in [0.2, 0.25) is 0 Å². The first-order chi connectivity index (χ1) is 30.6. The molecule has 21 nitrogen and oxygen atoms in total. The molecule has 0 spiro atoms. The molecule has 1 aliphatic rings. The number of aromatic nitrogens is 8. The van der Waals surface area contributed by atoms with Crippen LogP contribution in [0, 0.1) is 13.8 Å². The predicted molar refractivity (Wildman–Crippen MR) is 241 cm³/mol. The maximum Gasteiger partial charge on any atom is 0.277 e. The van der Waals surface area contributed by atoms with Gasteiger partial charge in [-0.15, -0.1) is 0 Å². The number of imidazole rings is 2. The van der Waals surface area contributed by atoms with Gasteiger partial charge in [0.2, 0.25) is 29.6 Å². The number of nitrogens with one attached hydrogen (secondary N) is 3. The summed E-state index contributed by atoms with van der Waals surface area (Å²) in [5.41, 5.74) is 15.3. The summed E-state index contributed by atoms with van der Waals surface area (Å²) in [7, 11) is 3.61. The molecule has 64 heavy (non-hydrogen) atoms. The van der Waals surface area contributed by atoms with Crippen LogP contribution in [0.15, 0.2) is 47.0 Å². The van der Waals surface area contributed by atoms with Crippen molar-refractivity contribution in [3.8, 4) is 11.5 Å². The molecule has 5 heterocycles. The molecular weight excluding hydrogens is 892 g/mol. The second kappa shape index (κ2) is 18.7. The smallest absolute Gasteiger partial charge is 0.277 e. The van der Waals surface area contributed by atoms with Crippen molar-refractivity contribution in [2.24, 2.45) is 11.5 Å². The zero-order valence-corrected chi connectivity index (χ0v) is 37.8. The number of primary amides is 2. The Hall–Kier alpha value is -7.07. The Morgan fingerprint density at radius 2 is 1.58 bits per heavy atom. The first-order valence-electron chi connectivity index (χ1n) is 20.5. The van der Waals surface area contributed by atoms with Gasteiger partial charge in [0.15, 0.2) is 0 Å². The Balaban J connectivity index is 1.27. The highest BCUT2D eigenvalue weighted by molar-refractivity contribution is 9.10. The number of fused-ring (bicyclic) bond motifs is 1. The zero-order valence-electron chi connectivity index (χ0n) is 36.2. The number of allylic oxidation sites excluding steroid dienone is 1. The number of hydrogen-bond donors (Lipinski definition) is 5. The molecule has 22 heteroatoms. The maximum absolute atomic E-state index is 13.9. The van der Waals surface area contributed by atoms with Crippen molar-refractivity contribution in [2.45, 2.75) is 59.8 Å². The Kier molecular flexibility index (Phi) is 13.2. The van der Waals surface area contributed by atoms with E-state index in [0.717, 1.165) is 0 Å². The van der Waals surface area contributed by atoms with Crippen LogP contribution in [0.5, 0.6) is 11.5 Å². The van der Waals surface area contributed by atoms with Crippen molar-refractivity contribution < 1.29 is 33.4 Å². The van der Waals surface area contributed by atoms with Gasteiger partial charge in [-0.3, -0.25) is 48.5 Å². The number of anilines is 2. The lowest BCUT2D eigenvalue weighted by Gasteiger charge is -2.25. The van der Waals surface area contributed by atoms with Gasteiger partial charge in [-0.1, -0.05) is 12.2 Å². The third-order valence-electron chi connectivity index (χ3n) is 10.3. The van der Waals surface area contributed by atoms with Gasteiger partial charge in [0.1, 0.15) is 40.5 Å². The molecule has 5 amide bonds. The number of aryl methyl sites for hydroxylation is 4. The molecule has 0 radical (unpaired) electrons. The lowest BCUT2D eigenvalue weighted by Crippen LogP contribution is -2.34. The number of carbonyl (C=O) groups excluding carboxylic acids is 5. The molecular formula is C42H49BrN14O7. The van der Waals surface area contributed by atoms with E-state index in [1.165, 1.54) is 18.2 Å². The molecule has 0 saturated carbocycles. The Morgan fingerprint density at radius 1 is 0.906 bits per heavy atom. The standard InChI is InChI=1S/C42H49BrN14O7/c1-7-55-29(15-22(3)51-55)39(61)49-41-47-27-16-24(37(44)59)18-30(63-14-10-12-46-32(58)20-53(5)6)34(27)54(41)13-9-11-26-21-64-31-19-25(38(45)60)17-28-35(31)57(26)42(48-28)50-40(62)36-33(43)23(4)52-56(36)8-2/h9,11,15-19,26H,7-8,10,12-14,20-21H2,1-6H3,(H2,44,59)(H2,45,60)(H,46,58)(H,47,49,61)(H,48,50,62)/b11-9+/t26-/m0/s1. The molecule has 6 aromatic rings. The molecule has 336 valence electrons. The van der Waals surface area contributed by atoms with E-state index in [2.05, 4.69) is 42.1 Å². The van der Waals surface area contributed by atoms with Crippen molar-refractivity contribution in [2.75, 3.05) is 51.0 Å². The van der Waals surface area contributed by atoms with Gasteiger partial charge in [0, 0.05) is 37.3 Å². The summed E-state index contributed by atoms with van der Waals surface area (Å²) in [4.78, 5) is 76.1. The predicted octanol–water partition coefficient (Wildman–Crippen LogP) is 3.54. The molecule has 0 bridgehead atoms. The number of nitrogens with two attached hydrogens (primary N) is 2. The highest BCUT2D eigenvalue weighted by Gasteiger charge is 2.30. The van der Waals surface area contributed by atoms with Crippen LogP contribution in [0.25, 0.3) is 22.1 Å². The van der Waals surface area contributed by atoms with E-state index in [4.69, 9.17) is 30.9 Å². The van der Waals surface area contributed by atoms with E-state index in [9.17, 15) is 24.0 Å². The monoisotopic (exact) mass is 940 g/mol. The van der Waals surface area contributed by atoms with Crippen LogP contribution >= 0.6 is 15.9 Å². The maximum atomic E-state index is 13.9. The number of halogens is 1. The lowest BCUT2D eigenvalue weighted by molar-refractivity contribution is -0.121. The largest absolute Gasteiger partial charge is 0.491 e. The van der Waals surface area contributed by atoms with Crippen molar-refractivity contribution in [3.63, 3.8) is 0 Å². The number of likely N-dealkylation sites (N-methyl/N-ethyl adjacent to an activating group) is 1. The van der Waals surface area contributed by atoms with Crippen LogP contribution in [0.1, 0.15) is 79.4 Å². The summed E-state index contributed by atoms with van der Waals surface area (Å²) in [6.07, 6.45) is 4.14. The van der Waals surface area contributed by atoms with Crippen molar-refractivity contribution in [1.29, 1.82) is 0 Å². The number of amides is 5. The van der Waals surface area contributed by atoms with Crippen molar-refractivity contribution in [1.82, 2.24) is 48.9 Å². The van der Waals surface area contributed by atoms with E-state index >= 15 is 0 Å². The second-order valence-electron chi connectivity index (χ2n) is 15.3. The van der Waals surface area contributed by atoms with E-state index in [1.54, 1.807) is 58.9 Å². The minimum absolute atomic E-state index is 0.0752. The van der Waals surface area contributed by atoms with Crippen LogP contribution < -0.4 is 36.9 Å². The summed E-state index contributed by atoms with van der Waals surface area (Å²) >= 11 is 3.51. The van der Waals surface area contributed by atoms with Gasteiger partial charge in [-0.25, -0.2) is 9.97 Å². The minimum atomic E-state index is -0.707. The number of benzene rings is 2. The molecule has 0 unspecified atom stereocenters. The average molecular weight is 942 g/mol. The topological polar surface area (TPSA) is 266 Å². The van der Waals surface area contributed by atoms with Gasteiger partial charge >= 0.3 is 0 Å². The first kappa shape index (κ1) is 45.0. The van der Waals surface area contributed by atoms with Crippen molar-refractivity contribution in [3.05, 3.63) is 80.9 Å². The Bertz CT molecular complexity index is 2850. The zero-order chi connectivity index (χ0) is 46.0. The summed E-state index contributed by atoms with van der Waals surface area (Å²) in [5.74, 6) is -1.47. The molecule has 1 aliphatic heterocycles. The minimum Gasteiger partial charge on any atom is -0.491 e. The van der Waals surface area contributed by atoms with Crippen LogP contribution in [0.4, 0.5) is 11.9 Å². The second-order valence-corrected chi connectivity index (χ2v) is 16.1. The van der Waals surface area contributed by atoms with Crippen molar-refractivity contribution >= 4 is 79.4 Å². The van der Waals surface area contributed by atoms with Crippen LogP contribution in [-0.4, -0.2) is 113 Å². The molecule has 0 fully saturated rings.